The fraction of sp³-hybridized carbons (Fsp3) is 0.875. The second-order valence-electron chi connectivity index (χ2n) is 6.25. The summed E-state index contributed by atoms with van der Waals surface area (Å²) in [5.41, 5.74) is 0. The SMILES string of the molecule is CCOC(=O)NC1CCCN(C(=O)CC2CCCCC2)C1. The summed E-state index contributed by atoms with van der Waals surface area (Å²) in [6, 6.07) is 0.0353. The van der Waals surface area contributed by atoms with Gasteiger partial charge in [0.05, 0.1) is 6.61 Å². The van der Waals surface area contributed by atoms with Gasteiger partial charge in [0.15, 0.2) is 0 Å². The molecule has 0 aromatic rings. The Morgan fingerprint density at radius 1 is 1.14 bits per heavy atom. The number of nitrogens with one attached hydrogen (secondary N) is 1. The number of nitrogens with zero attached hydrogens (tertiary/aromatic N) is 1. The predicted octanol–water partition coefficient (Wildman–Crippen LogP) is 2.69. The number of piperidine rings is 1. The zero-order valence-corrected chi connectivity index (χ0v) is 13.1. The molecule has 2 aliphatic rings. The van der Waals surface area contributed by atoms with E-state index in [1.165, 1.54) is 32.1 Å². The van der Waals surface area contributed by atoms with Crippen molar-refractivity contribution in [1.29, 1.82) is 0 Å². The molecule has 1 aliphatic heterocycles. The molecule has 0 radical (unpaired) electrons. The molecule has 1 N–H and O–H groups in total. The van der Waals surface area contributed by atoms with E-state index in [1.807, 2.05) is 4.90 Å². The maximum atomic E-state index is 12.4. The molecule has 2 fully saturated rings. The molecule has 1 heterocycles. The van der Waals surface area contributed by atoms with Crippen molar-refractivity contribution in [3.63, 3.8) is 0 Å². The minimum Gasteiger partial charge on any atom is -0.450 e. The second kappa shape index (κ2) is 8.25. The van der Waals surface area contributed by atoms with Crippen molar-refractivity contribution >= 4 is 12.0 Å². The summed E-state index contributed by atoms with van der Waals surface area (Å²) in [5, 5.41) is 2.85. The Morgan fingerprint density at radius 3 is 2.62 bits per heavy atom. The highest BCUT2D eigenvalue weighted by Gasteiger charge is 2.27. The maximum absolute atomic E-state index is 12.4. The molecule has 1 aliphatic carbocycles. The first-order chi connectivity index (χ1) is 10.2. The molecule has 1 atom stereocenters. The lowest BCUT2D eigenvalue weighted by atomic mass is 9.86. The standard InChI is InChI=1S/C16H28N2O3/c1-2-21-16(20)17-14-9-6-10-18(12-14)15(19)11-13-7-4-3-5-8-13/h13-14H,2-12H2,1H3,(H,17,20). The van der Waals surface area contributed by atoms with Crippen molar-refractivity contribution in [3.8, 4) is 0 Å². The predicted molar refractivity (Wildman–Crippen MR) is 81.0 cm³/mol. The normalized spacial score (nSPS) is 23.7. The minimum atomic E-state index is -0.371. The Kier molecular flexibility index (Phi) is 6.33. The van der Waals surface area contributed by atoms with Crippen LogP contribution in [-0.4, -0.2) is 42.6 Å². The van der Waals surface area contributed by atoms with E-state index >= 15 is 0 Å². The van der Waals surface area contributed by atoms with Crippen molar-refractivity contribution < 1.29 is 14.3 Å². The Bertz CT molecular complexity index is 353. The van der Waals surface area contributed by atoms with E-state index in [9.17, 15) is 9.59 Å². The molecule has 21 heavy (non-hydrogen) atoms. The topological polar surface area (TPSA) is 58.6 Å². The number of carbonyl (C=O) groups excluding carboxylic acids is 2. The highest BCUT2D eigenvalue weighted by molar-refractivity contribution is 5.76. The van der Waals surface area contributed by atoms with Crippen molar-refractivity contribution in [3.05, 3.63) is 0 Å². The van der Waals surface area contributed by atoms with Crippen LogP contribution in [0.25, 0.3) is 0 Å². The molecule has 0 aromatic heterocycles. The summed E-state index contributed by atoms with van der Waals surface area (Å²) in [4.78, 5) is 25.8. The smallest absolute Gasteiger partial charge is 0.407 e. The van der Waals surface area contributed by atoms with Crippen molar-refractivity contribution in [2.45, 2.75) is 64.3 Å². The van der Waals surface area contributed by atoms with Gasteiger partial charge in [-0.1, -0.05) is 19.3 Å². The van der Waals surface area contributed by atoms with Gasteiger partial charge in [0, 0.05) is 25.6 Å². The number of amides is 2. The molecule has 120 valence electrons. The van der Waals surface area contributed by atoms with E-state index in [2.05, 4.69) is 5.32 Å². The monoisotopic (exact) mass is 296 g/mol. The van der Waals surface area contributed by atoms with Crippen LogP contribution in [-0.2, 0) is 9.53 Å². The summed E-state index contributed by atoms with van der Waals surface area (Å²) in [7, 11) is 0. The molecule has 0 spiro atoms. The van der Waals surface area contributed by atoms with E-state index in [0.717, 1.165) is 19.4 Å². The van der Waals surface area contributed by atoms with Crippen molar-refractivity contribution in [1.82, 2.24) is 10.2 Å². The lowest BCUT2D eigenvalue weighted by molar-refractivity contribution is -0.133. The summed E-state index contributed by atoms with van der Waals surface area (Å²) in [5.74, 6) is 0.835. The molecule has 5 heteroatoms. The Morgan fingerprint density at radius 2 is 1.90 bits per heavy atom. The summed E-state index contributed by atoms with van der Waals surface area (Å²) in [6.07, 6.45) is 8.44. The van der Waals surface area contributed by atoms with Crippen LogP contribution in [0.1, 0.15) is 58.3 Å². The first-order valence-electron chi connectivity index (χ1n) is 8.40. The van der Waals surface area contributed by atoms with E-state index in [-0.39, 0.29) is 18.0 Å². The van der Waals surface area contributed by atoms with E-state index in [4.69, 9.17) is 4.74 Å². The number of alkyl carbamates (subject to hydrolysis) is 1. The number of hydrogen-bond donors (Lipinski definition) is 1. The minimum absolute atomic E-state index is 0.0353. The fourth-order valence-electron chi connectivity index (χ4n) is 3.43. The van der Waals surface area contributed by atoms with Crippen LogP contribution in [0.3, 0.4) is 0 Å². The Balaban J connectivity index is 1.76. The number of likely N-dealkylation sites (tertiary alicyclic amines) is 1. The number of rotatable bonds is 4. The Hall–Kier alpha value is -1.26. The van der Waals surface area contributed by atoms with Gasteiger partial charge in [-0.3, -0.25) is 4.79 Å². The highest BCUT2D eigenvalue weighted by atomic mass is 16.5. The quantitative estimate of drug-likeness (QED) is 0.867. The van der Waals surface area contributed by atoms with Gasteiger partial charge >= 0.3 is 6.09 Å². The lowest BCUT2D eigenvalue weighted by Crippen LogP contribution is -2.50. The largest absolute Gasteiger partial charge is 0.450 e. The first-order valence-corrected chi connectivity index (χ1v) is 8.40. The lowest BCUT2D eigenvalue weighted by Gasteiger charge is -2.34. The molecular formula is C16H28N2O3. The van der Waals surface area contributed by atoms with Crippen LogP contribution in [0.4, 0.5) is 4.79 Å². The third kappa shape index (κ3) is 5.21. The molecule has 1 saturated heterocycles. The molecule has 2 rings (SSSR count). The van der Waals surface area contributed by atoms with Crippen LogP contribution < -0.4 is 5.32 Å². The van der Waals surface area contributed by atoms with Crippen LogP contribution in [0.5, 0.6) is 0 Å². The van der Waals surface area contributed by atoms with Gasteiger partial charge in [0.1, 0.15) is 0 Å². The zero-order valence-electron chi connectivity index (χ0n) is 13.1. The van der Waals surface area contributed by atoms with Gasteiger partial charge in [-0.25, -0.2) is 4.79 Å². The van der Waals surface area contributed by atoms with Gasteiger partial charge in [0.2, 0.25) is 5.91 Å². The van der Waals surface area contributed by atoms with E-state index in [1.54, 1.807) is 6.92 Å². The van der Waals surface area contributed by atoms with Gasteiger partial charge in [-0.15, -0.1) is 0 Å². The van der Waals surface area contributed by atoms with Crippen molar-refractivity contribution in [2.75, 3.05) is 19.7 Å². The van der Waals surface area contributed by atoms with Crippen LogP contribution in [0.15, 0.2) is 0 Å². The Labute approximate surface area is 127 Å². The molecule has 0 bridgehead atoms. The highest BCUT2D eigenvalue weighted by Crippen LogP contribution is 2.27. The summed E-state index contributed by atoms with van der Waals surface area (Å²) in [6.45, 7) is 3.63. The van der Waals surface area contributed by atoms with Gasteiger partial charge in [-0.05, 0) is 38.5 Å². The zero-order chi connectivity index (χ0) is 15.1. The third-order valence-electron chi connectivity index (χ3n) is 4.56. The maximum Gasteiger partial charge on any atom is 0.407 e. The van der Waals surface area contributed by atoms with Gasteiger partial charge in [0.25, 0.3) is 0 Å². The summed E-state index contributed by atoms with van der Waals surface area (Å²) >= 11 is 0. The molecule has 5 nitrogen and oxygen atoms in total. The van der Waals surface area contributed by atoms with Crippen LogP contribution >= 0.6 is 0 Å². The average molecular weight is 296 g/mol. The number of carbonyl (C=O) groups is 2. The molecule has 2 amide bonds. The van der Waals surface area contributed by atoms with Crippen LogP contribution in [0.2, 0.25) is 0 Å². The van der Waals surface area contributed by atoms with Gasteiger partial charge < -0.3 is 15.0 Å². The van der Waals surface area contributed by atoms with Crippen LogP contribution in [0, 0.1) is 5.92 Å². The van der Waals surface area contributed by atoms with Gasteiger partial charge in [-0.2, -0.15) is 0 Å². The molecule has 0 aromatic carbocycles. The second-order valence-corrected chi connectivity index (χ2v) is 6.25. The number of hydrogen-bond acceptors (Lipinski definition) is 3. The van der Waals surface area contributed by atoms with Crippen molar-refractivity contribution in [2.24, 2.45) is 5.92 Å². The average Bonchev–Trinajstić information content (AvgIpc) is 2.48. The molecule has 1 unspecified atom stereocenters. The number of ether oxygens (including phenoxy) is 1. The molecule has 1 saturated carbocycles. The van der Waals surface area contributed by atoms with E-state index < -0.39 is 0 Å². The fourth-order valence-corrected chi connectivity index (χ4v) is 3.43. The third-order valence-corrected chi connectivity index (χ3v) is 4.56. The molecular weight excluding hydrogens is 268 g/mol. The summed E-state index contributed by atoms with van der Waals surface area (Å²) < 4.78 is 4.91. The first kappa shape index (κ1) is 16.1. The van der Waals surface area contributed by atoms with E-state index in [0.29, 0.717) is 25.5 Å².